The van der Waals surface area contributed by atoms with Crippen molar-refractivity contribution in [3.8, 4) is 5.88 Å². The molecule has 4 aromatic carbocycles. The molecule has 0 unspecified atom stereocenters. The number of benzene rings is 4. The summed E-state index contributed by atoms with van der Waals surface area (Å²) in [6.07, 6.45) is 0. The minimum Gasteiger partial charge on any atom is -0.494 e. The Morgan fingerprint density at radius 1 is 0.878 bits per heavy atom. The molecule has 9 heteroatoms. The summed E-state index contributed by atoms with van der Waals surface area (Å²) in [5.74, 6) is -0.105. The molecule has 1 heterocycles. The minimum atomic E-state index is -3.65. The molecule has 5 aromatic rings. The summed E-state index contributed by atoms with van der Waals surface area (Å²) < 4.78 is 28.5. The molecule has 0 atom stereocenters. The number of aliphatic imine (C=N–C) groups is 1. The van der Waals surface area contributed by atoms with Gasteiger partial charge in [-0.05, 0) is 56.1 Å². The van der Waals surface area contributed by atoms with Crippen LogP contribution in [0.2, 0.25) is 5.02 Å². The van der Waals surface area contributed by atoms with E-state index in [9.17, 15) is 13.5 Å². The largest absolute Gasteiger partial charge is 0.494 e. The van der Waals surface area contributed by atoms with E-state index in [1.807, 2.05) is 85.7 Å². The van der Waals surface area contributed by atoms with Crippen LogP contribution >= 0.6 is 11.6 Å². The fourth-order valence-corrected chi connectivity index (χ4v) is 6.41. The number of anilines is 1. The topological polar surface area (TPSA) is 89.0 Å². The molecule has 2 N–H and O–H groups in total. The van der Waals surface area contributed by atoms with Crippen LogP contribution < -0.4 is 4.31 Å². The van der Waals surface area contributed by atoms with Crippen molar-refractivity contribution in [2.45, 2.75) is 5.75 Å². The van der Waals surface area contributed by atoms with Crippen LogP contribution in [0.3, 0.4) is 0 Å². The van der Waals surface area contributed by atoms with Gasteiger partial charge in [0, 0.05) is 29.1 Å². The third kappa shape index (κ3) is 6.62. The molecule has 0 aliphatic heterocycles. The lowest BCUT2D eigenvalue weighted by Crippen LogP contribution is -2.37. The summed E-state index contributed by atoms with van der Waals surface area (Å²) in [7, 11) is 0.182. The molecule has 0 fully saturated rings. The zero-order chi connectivity index (χ0) is 29.0. The van der Waals surface area contributed by atoms with Gasteiger partial charge in [0.05, 0.1) is 33.9 Å². The second-order valence-corrected chi connectivity index (χ2v) is 12.3. The van der Waals surface area contributed by atoms with Crippen molar-refractivity contribution in [3.05, 3.63) is 125 Å². The van der Waals surface area contributed by atoms with Crippen LogP contribution in [-0.4, -0.2) is 56.3 Å². The molecule has 0 bridgehead atoms. The standard InChI is InChI=1S/C32H31ClN4O3S/c1-36(2)19-20-37(41(39,40)22-23-9-5-3-6-10-23)27-16-14-26(15-17-27)34-31(24-11-7-4-8-12-24)30-28-18-13-25(33)21-29(28)35-32(30)38/h3-18,21,35,38H,19-20,22H2,1-2H3. The van der Waals surface area contributed by atoms with Crippen molar-refractivity contribution < 1.29 is 13.5 Å². The van der Waals surface area contributed by atoms with Crippen molar-refractivity contribution in [2.24, 2.45) is 4.99 Å². The Morgan fingerprint density at radius 2 is 1.54 bits per heavy atom. The molecule has 41 heavy (non-hydrogen) atoms. The van der Waals surface area contributed by atoms with Crippen LogP contribution in [0.25, 0.3) is 10.9 Å². The summed E-state index contributed by atoms with van der Waals surface area (Å²) in [6, 6.07) is 31.3. The first-order chi connectivity index (χ1) is 19.7. The van der Waals surface area contributed by atoms with E-state index in [-0.39, 0.29) is 11.6 Å². The highest BCUT2D eigenvalue weighted by atomic mass is 35.5. The van der Waals surface area contributed by atoms with Crippen LogP contribution in [0.15, 0.2) is 108 Å². The van der Waals surface area contributed by atoms with Gasteiger partial charge in [-0.1, -0.05) is 78.3 Å². The Bertz CT molecular complexity index is 1770. The molecule has 0 radical (unpaired) electrons. The van der Waals surface area contributed by atoms with Gasteiger partial charge < -0.3 is 15.0 Å². The van der Waals surface area contributed by atoms with E-state index >= 15 is 0 Å². The third-order valence-electron chi connectivity index (χ3n) is 6.68. The maximum Gasteiger partial charge on any atom is 0.239 e. The van der Waals surface area contributed by atoms with Crippen LogP contribution in [0.4, 0.5) is 11.4 Å². The summed E-state index contributed by atoms with van der Waals surface area (Å²) in [4.78, 5) is 9.89. The molecule has 0 aliphatic carbocycles. The van der Waals surface area contributed by atoms with Gasteiger partial charge in [-0.3, -0.25) is 4.31 Å². The number of H-pyrrole nitrogens is 1. The van der Waals surface area contributed by atoms with Crippen molar-refractivity contribution in [2.75, 3.05) is 31.5 Å². The SMILES string of the molecule is CN(C)CCN(c1ccc(N=C(c2ccccc2)c2c(O)[nH]c3cc(Cl)ccc23)cc1)S(=O)(=O)Cc1ccccc1. The van der Waals surface area contributed by atoms with Crippen molar-refractivity contribution in [3.63, 3.8) is 0 Å². The van der Waals surface area contributed by atoms with Crippen molar-refractivity contribution in [1.29, 1.82) is 0 Å². The minimum absolute atomic E-state index is 0.0108. The number of sulfonamides is 1. The summed E-state index contributed by atoms with van der Waals surface area (Å²) in [5, 5.41) is 12.3. The molecule has 210 valence electrons. The monoisotopic (exact) mass is 586 g/mol. The average Bonchev–Trinajstić information content (AvgIpc) is 3.27. The lowest BCUT2D eigenvalue weighted by atomic mass is 10.0. The number of halogens is 1. The fraction of sp³-hybridized carbons (Fsp3) is 0.156. The second-order valence-electron chi connectivity index (χ2n) is 10.00. The average molecular weight is 587 g/mol. The predicted octanol–water partition coefficient (Wildman–Crippen LogP) is 6.59. The highest BCUT2D eigenvalue weighted by Crippen LogP contribution is 2.33. The number of hydrogen-bond acceptors (Lipinski definition) is 5. The van der Waals surface area contributed by atoms with Gasteiger partial charge >= 0.3 is 0 Å². The summed E-state index contributed by atoms with van der Waals surface area (Å²) >= 11 is 6.18. The highest BCUT2D eigenvalue weighted by molar-refractivity contribution is 7.92. The Balaban J connectivity index is 1.54. The molecule has 1 aromatic heterocycles. The quantitative estimate of drug-likeness (QED) is 0.181. The summed E-state index contributed by atoms with van der Waals surface area (Å²) in [5.41, 5.74) is 4.56. The Morgan fingerprint density at radius 3 is 2.20 bits per heavy atom. The van der Waals surface area contributed by atoms with E-state index in [4.69, 9.17) is 16.6 Å². The first kappa shape index (κ1) is 28.4. The van der Waals surface area contributed by atoms with Gasteiger partial charge in [-0.25, -0.2) is 13.4 Å². The van der Waals surface area contributed by atoms with E-state index in [0.717, 1.165) is 16.5 Å². The molecule has 0 aliphatic rings. The van der Waals surface area contributed by atoms with Gasteiger partial charge in [0.2, 0.25) is 10.0 Å². The van der Waals surface area contributed by atoms with E-state index < -0.39 is 10.0 Å². The number of hydrogen-bond donors (Lipinski definition) is 2. The maximum absolute atomic E-state index is 13.5. The number of aromatic amines is 1. The number of likely N-dealkylation sites (N-methyl/N-ethyl adjacent to an activating group) is 1. The number of rotatable bonds is 10. The number of fused-ring (bicyclic) bond motifs is 1. The van der Waals surface area contributed by atoms with E-state index in [1.54, 1.807) is 36.4 Å². The maximum atomic E-state index is 13.5. The normalized spacial score (nSPS) is 12.2. The number of nitrogens with zero attached hydrogens (tertiary/aromatic N) is 3. The molecule has 7 nitrogen and oxygen atoms in total. The first-order valence-corrected chi connectivity index (χ1v) is 15.1. The van der Waals surface area contributed by atoms with Crippen molar-refractivity contribution >= 4 is 49.6 Å². The van der Waals surface area contributed by atoms with E-state index in [0.29, 0.717) is 46.3 Å². The van der Waals surface area contributed by atoms with Crippen LogP contribution in [0, 0.1) is 0 Å². The third-order valence-corrected chi connectivity index (χ3v) is 8.68. The van der Waals surface area contributed by atoms with E-state index in [1.165, 1.54) is 4.31 Å². The zero-order valence-electron chi connectivity index (χ0n) is 22.8. The number of aromatic hydroxyl groups is 1. The zero-order valence-corrected chi connectivity index (χ0v) is 24.4. The van der Waals surface area contributed by atoms with Gasteiger partial charge in [0.1, 0.15) is 0 Å². The molecule has 0 spiro atoms. The molecule has 0 saturated heterocycles. The van der Waals surface area contributed by atoms with Crippen LogP contribution in [0.1, 0.15) is 16.7 Å². The smallest absolute Gasteiger partial charge is 0.239 e. The first-order valence-electron chi connectivity index (χ1n) is 13.1. The number of nitrogens with one attached hydrogen (secondary N) is 1. The molecular weight excluding hydrogens is 556 g/mol. The molecule has 0 saturated carbocycles. The van der Waals surface area contributed by atoms with Gasteiger partial charge in [-0.15, -0.1) is 0 Å². The Hall–Kier alpha value is -4.11. The Kier molecular flexibility index (Phi) is 8.44. The fourth-order valence-electron chi connectivity index (χ4n) is 4.66. The lowest BCUT2D eigenvalue weighted by molar-refractivity contribution is 0.419. The van der Waals surface area contributed by atoms with E-state index in [2.05, 4.69) is 4.98 Å². The molecular formula is C32H31ClN4O3S. The predicted molar refractivity (Wildman–Crippen MR) is 168 cm³/mol. The molecule has 0 amide bonds. The second kappa shape index (κ2) is 12.2. The Labute approximate surface area is 245 Å². The summed E-state index contributed by atoms with van der Waals surface area (Å²) in [6.45, 7) is 0.877. The van der Waals surface area contributed by atoms with Crippen LogP contribution in [-0.2, 0) is 15.8 Å². The highest BCUT2D eigenvalue weighted by Gasteiger charge is 2.24. The van der Waals surface area contributed by atoms with Gasteiger partial charge in [0.15, 0.2) is 5.88 Å². The van der Waals surface area contributed by atoms with Gasteiger partial charge in [-0.2, -0.15) is 0 Å². The van der Waals surface area contributed by atoms with Crippen molar-refractivity contribution in [1.82, 2.24) is 9.88 Å². The lowest BCUT2D eigenvalue weighted by Gasteiger charge is -2.26. The number of aromatic nitrogens is 1. The van der Waals surface area contributed by atoms with Crippen LogP contribution in [0.5, 0.6) is 5.88 Å². The van der Waals surface area contributed by atoms with Gasteiger partial charge in [0.25, 0.3) is 0 Å². The molecule has 5 rings (SSSR count).